The average molecular weight is 1300 g/mol. The van der Waals surface area contributed by atoms with Gasteiger partial charge in [-0.2, -0.15) is 34.2 Å². The van der Waals surface area contributed by atoms with Crippen LogP contribution in [-0.2, 0) is 44.8 Å². The standard InChI is InChI=1S/C34H51N3O5S3.C31H45N3O4S3/c1-4-6-7-8-9-10-11-12-13-14-15-16-17-18-19-20-21-22-23-24-26-36-44(38,39)33-29-31-32(35-5-2)30-37(27-25-28-42-3)45(40,41)34(31)43-33;1-4-6-7-8-9-10-11-12-13-14-15-16-17-18-19-20-21-22-23-24-25-33-40(35,36)30-26-28-29(32-5-2)27-34(3)41(37,38)31(28)39-30/h6-7,9-10,12-13,15-16,18-19,21-22,26,29,32,35H,4-5,8,11,14,17,20,23-25,27-28,30H2,1-3H3;6-7,9-10,12-13,15-16,18-19,21-22,25-26,29,32H,4-5,8,11,14,17,20,23-24,27H2,1-3H3/b7-6-,10-9-,13-12-,16-15-,19-18-,22-21-,36-26?;7-6-,10-9-,13-12-,16-15-,19-18-,22-21-,33-25?/t32-;29-/m00/s1. The highest BCUT2D eigenvalue weighted by Crippen LogP contribution is 2.42. The van der Waals surface area contributed by atoms with Crippen LogP contribution in [0.4, 0.5) is 0 Å². The van der Waals surface area contributed by atoms with Crippen LogP contribution in [0.2, 0.25) is 0 Å². The second-order valence-electron chi connectivity index (χ2n) is 19.8. The van der Waals surface area contributed by atoms with E-state index in [0.717, 1.165) is 99.7 Å². The van der Waals surface area contributed by atoms with Crippen LogP contribution in [0, 0.1) is 0 Å². The molecule has 0 aliphatic carbocycles. The molecule has 0 fully saturated rings. The van der Waals surface area contributed by atoms with Gasteiger partial charge in [0.15, 0.2) is 0 Å². The molecule has 21 heteroatoms. The van der Waals surface area contributed by atoms with Crippen molar-refractivity contribution in [2.24, 2.45) is 8.80 Å². The summed E-state index contributed by atoms with van der Waals surface area (Å²) in [6, 6.07) is 2.39. The monoisotopic (exact) mass is 1300 g/mol. The first-order valence-corrected chi connectivity index (χ1v) is 37.5. The molecule has 2 atom stereocenters. The number of nitrogens with zero attached hydrogens (tertiary/aromatic N) is 4. The molecule has 0 bridgehead atoms. The van der Waals surface area contributed by atoms with Gasteiger partial charge >= 0.3 is 0 Å². The van der Waals surface area contributed by atoms with E-state index in [4.69, 9.17) is 4.74 Å². The Hall–Kier alpha value is -4.78. The number of ether oxygens (including phenoxy) is 1. The fraction of sp³-hybridized carbons (Fsp3) is 0.477. The van der Waals surface area contributed by atoms with Gasteiger partial charge in [-0.1, -0.05) is 174 Å². The Morgan fingerprint density at radius 1 is 0.500 bits per heavy atom. The number of hydrogen-bond acceptors (Lipinski definition) is 13. The van der Waals surface area contributed by atoms with Crippen LogP contribution in [0.3, 0.4) is 0 Å². The summed E-state index contributed by atoms with van der Waals surface area (Å²) in [7, 11) is -12.4. The van der Waals surface area contributed by atoms with Crippen molar-refractivity contribution in [2.75, 3.05) is 53.5 Å². The Labute approximate surface area is 526 Å². The third-order valence-corrected chi connectivity index (χ3v) is 23.4. The summed E-state index contributed by atoms with van der Waals surface area (Å²) >= 11 is 1.55. The van der Waals surface area contributed by atoms with E-state index in [2.05, 4.69) is 155 Å². The number of nitrogens with one attached hydrogen (secondary N) is 2. The lowest BCUT2D eigenvalue weighted by Crippen LogP contribution is -2.43. The fourth-order valence-corrected chi connectivity index (χ4v) is 17.8. The minimum Gasteiger partial charge on any atom is -0.385 e. The van der Waals surface area contributed by atoms with E-state index in [1.54, 1.807) is 7.11 Å². The molecule has 0 saturated carbocycles. The largest absolute Gasteiger partial charge is 0.385 e. The van der Waals surface area contributed by atoms with Gasteiger partial charge in [0.2, 0.25) is 0 Å². The van der Waals surface area contributed by atoms with Crippen LogP contribution in [-0.4, -0.2) is 108 Å². The zero-order valence-electron chi connectivity index (χ0n) is 51.5. The van der Waals surface area contributed by atoms with Gasteiger partial charge in [0, 0.05) is 76.0 Å². The molecule has 2 aromatic heterocycles. The van der Waals surface area contributed by atoms with Crippen molar-refractivity contribution in [1.29, 1.82) is 0 Å². The highest BCUT2D eigenvalue weighted by atomic mass is 32.3. The highest BCUT2D eigenvalue weighted by Gasteiger charge is 2.40. The summed E-state index contributed by atoms with van der Waals surface area (Å²) < 4.78 is 119. The molecule has 4 rings (SSSR count). The van der Waals surface area contributed by atoms with E-state index < -0.39 is 40.1 Å². The quantitative estimate of drug-likeness (QED) is 0.0365. The summed E-state index contributed by atoms with van der Waals surface area (Å²) in [6.07, 6.45) is 68.5. The maximum atomic E-state index is 13.3. The van der Waals surface area contributed by atoms with Crippen LogP contribution in [0.1, 0.15) is 160 Å². The lowest BCUT2D eigenvalue weighted by Gasteiger charge is -2.32. The number of hydrogen-bond donors (Lipinski definition) is 2. The van der Waals surface area contributed by atoms with Crippen molar-refractivity contribution in [3.63, 3.8) is 0 Å². The van der Waals surface area contributed by atoms with Gasteiger partial charge in [-0.15, -0.1) is 22.7 Å². The third kappa shape index (κ3) is 28.6. The number of methoxy groups -OCH3 is 1. The summed E-state index contributed by atoms with van der Waals surface area (Å²) in [5.41, 5.74) is 0.998. The molecule has 2 N–H and O–H groups in total. The summed E-state index contributed by atoms with van der Waals surface area (Å²) in [6.45, 7) is 10.7. The molecule has 0 radical (unpaired) electrons. The van der Waals surface area contributed by atoms with E-state index in [9.17, 15) is 33.7 Å². The topological polar surface area (TPSA) is 201 Å². The molecule has 15 nitrogen and oxygen atoms in total. The molecule has 0 spiro atoms. The minimum atomic E-state index is -4.00. The van der Waals surface area contributed by atoms with Crippen molar-refractivity contribution < 1.29 is 38.4 Å². The summed E-state index contributed by atoms with van der Waals surface area (Å²) in [5.74, 6) is 0. The number of sulfonamides is 4. The van der Waals surface area contributed by atoms with Crippen LogP contribution < -0.4 is 10.6 Å². The molecule has 4 heterocycles. The Morgan fingerprint density at radius 3 is 1.16 bits per heavy atom. The molecular formula is C65H96N6O9S6. The van der Waals surface area contributed by atoms with Gasteiger partial charge in [0.1, 0.15) is 16.8 Å². The predicted molar refractivity (Wildman–Crippen MR) is 363 cm³/mol. The molecule has 0 unspecified atom stereocenters. The highest BCUT2D eigenvalue weighted by molar-refractivity contribution is 7.95. The van der Waals surface area contributed by atoms with Gasteiger partial charge in [0.05, 0.1) is 0 Å². The van der Waals surface area contributed by atoms with Crippen molar-refractivity contribution in [2.45, 2.75) is 166 Å². The van der Waals surface area contributed by atoms with Crippen LogP contribution >= 0.6 is 22.7 Å². The zero-order valence-corrected chi connectivity index (χ0v) is 56.4. The molecule has 2 aromatic rings. The van der Waals surface area contributed by atoms with Crippen molar-refractivity contribution in [3.8, 4) is 0 Å². The van der Waals surface area contributed by atoms with Crippen molar-refractivity contribution in [3.05, 3.63) is 169 Å². The number of fused-ring (bicyclic) bond motifs is 2. The first kappa shape index (κ1) is 75.5. The van der Waals surface area contributed by atoms with E-state index >= 15 is 0 Å². The van der Waals surface area contributed by atoms with Gasteiger partial charge in [-0.25, -0.2) is 16.8 Å². The molecule has 0 amide bonds. The molecule has 86 heavy (non-hydrogen) atoms. The molecule has 0 saturated heterocycles. The predicted octanol–water partition coefficient (Wildman–Crippen LogP) is 14.9. The average Bonchev–Trinajstić information content (AvgIpc) is 1.61. The summed E-state index contributed by atoms with van der Waals surface area (Å²) in [5, 5.41) is 6.52. The molecule has 476 valence electrons. The van der Waals surface area contributed by atoms with E-state index in [1.165, 1.54) is 40.2 Å². The van der Waals surface area contributed by atoms with Crippen LogP contribution in [0.25, 0.3) is 0 Å². The Balaban J connectivity index is 0.000000452. The fourth-order valence-electron chi connectivity index (χ4n) is 8.45. The van der Waals surface area contributed by atoms with Gasteiger partial charge in [-0.05, 0) is 134 Å². The van der Waals surface area contributed by atoms with Gasteiger partial charge < -0.3 is 15.4 Å². The lowest BCUT2D eigenvalue weighted by molar-refractivity contribution is 0.185. The first-order valence-electron chi connectivity index (χ1n) is 30.1. The zero-order chi connectivity index (χ0) is 62.8. The SMILES string of the molecule is CC/C=C\C/C=C\C/C=C\C/C=C\C/C=C\C/C=C\CCC=NS(=O)(=O)c1cc2c(s1)S(=O)(=O)N(C)C[C@@H]2NCC.CC/C=C\C/C=C\C/C=C\C/C=C\C/C=C\C/C=C\CCC=NS(=O)(=O)c1cc2c(s1)S(=O)(=O)N(CCCOC)C[C@@H]2NCC. The molecular weight excluding hydrogens is 1200 g/mol. The molecule has 2 aliphatic heterocycles. The number of rotatable bonds is 40. The van der Waals surface area contributed by atoms with E-state index in [1.807, 2.05) is 38.2 Å². The Bertz CT molecular complexity index is 3190. The maximum Gasteiger partial charge on any atom is 0.291 e. The van der Waals surface area contributed by atoms with Crippen molar-refractivity contribution in [1.82, 2.24) is 19.2 Å². The number of allylic oxidation sites excluding steroid dienone is 24. The second kappa shape index (κ2) is 43.8. The second-order valence-corrected chi connectivity index (χ2v) is 30.0. The normalized spacial score (nSPS) is 18.3. The maximum absolute atomic E-state index is 13.3. The minimum absolute atomic E-state index is 0.0468. The number of likely N-dealkylation sites (N-methyl/N-ethyl adjacent to an activating group) is 3. The third-order valence-electron chi connectivity index (χ3n) is 12.9. The Morgan fingerprint density at radius 2 is 0.826 bits per heavy atom. The van der Waals surface area contributed by atoms with Crippen LogP contribution in [0.5, 0.6) is 0 Å². The Kier molecular flexibility index (Phi) is 38.4. The summed E-state index contributed by atoms with van der Waals surface area (Å²) in [4.78, 5) is 0. The van der Waals surface area contributed by atoms with Gasteiger partial charge in [0.25, 0.3) is 40.1 Å². The van der Waals surface area contributed by atoms with Crippen molar-refractivity contribution >= 4 is 75.2 Å². The van der Waals surface area contributed by atoms with Gasteiger partial charge in [-0.3, -0.25) is 0 Å². The smallest absolute Gasteiger partial charge is 0.291 e. The first-order chi connectivity index (χ1) is 41.5. The van der Waals surface area contributed by atoms with Crippen LogP contribution in [0.15, 0.2) is 184 Å². The van der Waals surface area contributed by atoms with E-state index in [-0.39, 0.29) is 42.0 Å². The number of thiophene rings is 2. The number of unbranched alkanes of at least 4 members (excludes halogenated alkanes) is 2. The lowest BCUT2D eigenvalue weighted by atomic mass is 10.1. The van der Waals surface area contributed by atoms with E-state index in [0.29, 0.717) is 69.5 Å². The molecule has 0 aromatic carbocycles. The molecule has 2 aliphatic rings.